The first kappa shape index (κ1) is 30.1. The molecule has 5 rings (SSSR count). The van der Waals surface area contributed by atoms with Crippen molar-refractivity contribution in [3.05, 3.63) is 117 Å². The minimum atomic E-state index is 0.0431. The second-order valence-electron chi connectivity index (χ2n) is 7.23. The van der Waals surface area contributed by atoms with Crippen molar-refractivity contribution in [2.75, 3.05) is 7.05 Å². The van der Waals surface area contributed by atoms with Crippen LogP contribution in [0.2, 0.25) is 0 Å². The third kappa shape index (κ3) is 6.81. The van der Waals surface area contributed by atoms with E-state index in [1.165, 1.54) is 22.4 Å². The molecule has 0 saturated carbocycles. The number of thioether (sulfide) groups is 1. The number of fused-ring (bicyclic) bond motifs is 5. The molecule has 3 heterocycles. The maximum absolute atomic E-state index is 6.32. The number of para-hydroxylation sites is 1. The van der Waals surface area contributed by atoms with Crippen LogP contribution in [0.4, 0.5) is 0 Å². The SMILES string of the molecule is C=C/C=C1/C2=C3C=CC(C=C3Oc3ccccc32)N/C(C(=C)C)=C(/C)S/C1=C/C.CC.CC.CN. The standard InChI is InChI=1S/C26H25NOS.2C2H6.CH5N/c1-6-10-21-24(7-2)29-17(5)26(16(3)4)27-18-13-14-20-23(15-18)28-22-12-9-8-11-19(22)25(20)21;3*1-2/h6-15,18,27H,1,3H2,2,4-5H3;2*1-2H3;2H2,1H3/b21-10+,24-7+,26-17-;;;. The monoisotopic (exact) mass is 490 g/mol. The van der Waals surface area contributed by atoms with E-state index in [1.807, 2.05) is 52.8 Å². The average molecular weight is 491 g/mol. The number of nitrogens with one attached hydrogen (secondary N) is 1. The van der Waals surface area contributed by atoms with E-state index in [-0.39, 0.29) is 6.04 Å². The molecule has 1 aromatic rings. The summed E-state index contributed by atoms with van der Waals surface area (Å²) < 4.78 is 6.32. The van der Waals surface area contributed by atoms with E-state index in [0.717, 1.165) is 39.5 Å². The fourth-order valence-corrected chi connectivity index (χ4v) is 4.94. The van der Waals surface area contributed by atoms with Gasteiger partial charge in [-0.1, -0.05) is 101 Å². The van der Waals surface area contributed by atoms with Crippen LogP contribution in [0.3, 0.4) is 0 Å². The zero-order chi connectivity index (χ0) is 26.5. The van der Waals surface area contributed by atoms with Crippen molar-refractivity contribution >= 4 is 17.3 Å². The maximum atomic E-state index is 6.32. The summed E-state index contributed by atoms with van der Waals surface area (Å²) in [5.74, 6) is 1.76. The lowest BCUT2D eigenvalue weighted by molar-refractivity contribution is 0.426. The Hall–Kier alpha value is -2.95. The molecule has 1 atom stereocenters. The van der Waals surface area contributed by atoms with E-state index in [9.17, 15) is 0 Å². The number of hydrogen-bond acceptors (Lipinski definition) is 4. The lowest BCUT2D eigenvalue weighted by Gasteiger charge is -2.29. The van der Waals surface area contributed by atoms with E-state index in [1.54, 1.807) is 11.8 Å². The Morgan fingerprint density at radius 2 is 1.80 bits per heavy atom. The Bertz CT molecular complexity index is 1100. The second-order valence-corrected chi connectivity index (χ2v) is 8.49. The third-order valence-electron chi connectivity index (χ3n) is 5.15. The van der Waals surface area contributed by atoms with Crippen LogP contribution in [0, 0.1) is 0 Å². The van der Waals surface area contributed by atoms with Gasteiger partial charge >= 0.3 is 0 Å². The molecule has 1 aromatic carbocycles. The molecular weight excluding hydrogens is 448 g/mol. The minimum absolute atomic E-state index is 0.0431. The first-order valence-electron chi connectivity index (χ1n) is 12.3. The topological polar surface area (TPSA) is 47.3 Å². The van der Waals surface area contributed by atoms with E-state index < -0.39 is 0 Å². The van der Waals surface area contributed by atoms with Gasteiger partial charge in [0.1, 0.15) is 11.5 Å². The second kappa shape index (κ2) is 15.1. The number of allylic oxidation sites excluding steroid dienone is 8. The zero-order valence-corrected chi connectivity index (χ0v) is 23.5. The number of benzene rings is 1. The molecule has 1 unspecified atom stereocenters. The maximum Gasteiger partial charge on any atom is 0.135 e. The highest BCUT2D eigenvalue weighted by Gasteiger charge is 2.30. The summed E-state index contributed by atoms with van der Waals surface area (Å²) in [7, 11) is 1.50. The highest BCUT2D eigenvalue weighted by atomic mass is 32.2. The molecular formula is C31H42N2OS. The van der Waals surface area contributed by atoms with Crippen molar-refractivity contribution in [3.8, 4) is 5.75 Å². The largest absolute Gasteiger partial charge is 0.456 e. The molecule has 0 spiro atoms. The molecule has 4 aliphatic rings. The molecule has 0 fully saturated rings. The van der Waals surface area contributed by atoms with Gasteiger partial charge in [0.25, 0.3) is 0 Å². The first-order chi connectivity index (χ1) is 17.0. The van der Waals surface area contributed by atoms with Gasteiger partial charge in [-0.25, -0.2) is 0 Å². The van der Waals surface area contributed by atoms with Crippen LogP contribution in [0.5, 0.6) is 5.75 Å². The summed E-state index contributed by atoms with van der Waals surface area (Å²) >= 11 is 1.76. The van der Waals surface area contributed by atoms with Crippen molar-refractivity contribution < 1.29 is 4.74 Å². The van der Waals surface area contributed by atoms with Crippen molar-refractivity contribution in [3.63, 3.8) is 0 Å². The van der Waals surface area contributed by atoms with Gasteiger partial charge in [-0.15, -0.1) is 0 Å². The number of nitrogens with two attached hydrogens (primary N) is 1. The van der Waals surface area contributed by atoms with Crippen LogP contribution < -0.4 is 15.8 Å². The Kier molecular flexibility index (Phi) is 13.0. The van der Waals surface area contributed by atoms with Crippen LogP contribution in [-0.4, -0.2) is 13.1 Å². The fraction of sp³-hybridized carbons (Fsp3) is 0.290. The molecule has 0 aromatic heterocycles. The van der Waals surface area contributed by atoms with E-state index in [4.69, 9.17) is 4.74 Å². The normalized spacial score (nSPS) is 21.9. The molecule has 188 valence electrons. The van der Waals surface area contributed by atoms with Crippen LogP contribution >= 0.6 is 11.8 Å². The summed E-state index contributed by atoms with van der Waals surface area (Å²) in [6, 6.07) is 8.28. The van der Waals surface area contributed by atoms with Gasteiger partial charge in [0, 0.05) is 32.2 Å². The molecule has 3 aliphatic heterocycles. The van der Waals surface area contributed by atoms with Crippen LogP contribution in [0.15, 0.2) is 112 Å². The predicted octanol–water partition coefficient (Wildman–Crippen LogP) is 8.44. The van der Waals surface area contributed by atoms with E-state index in [0.29, 0.717) is 0 Å². The number of ether oxygens (including phenoxy) is 1. The summed E-state index contributed by atoms with van der Waals surface area (Å²) in [6.45, 7) is 22.4. The Labute approximate surface area is 217 Å². The summed E-state index contributed by atoms with van der Waals surface area (Å²) in [4.78, 5) is 2.37. The third-order valence-corrected chi connectivity index (χ3v) is 6.33. The van der Waals surface area contributed by atoms with Crippen molar-refractivity contribution in [2.45, 2.75) is 54.5 Å². The molecule has 3 nitrogen and oxygen atoms in total. The minimum Gasteiger partial charge on any atom is -0.456 e. The Morgan fingerprint density at radius 3 is 2.40 bits per heavy atom. The number of rotatable bonds is 2. The summed E-state index contributed by atoms with van der Waals surface area (Å²) in [5, 5.41) is 3.63. The average Bonchev–Trinajstić information content (AvgIpc) is 2.93. The van der Waals surface area contributed by atoms with Crippen molar-refractivity contribution in [1.29, 1.82) is 0 Å². The lowest BCUT2D eigenvalue weighted by atomic mass is 9.86. The highest BCUT2D eigenvalue weighted by molar-refractivity contribution is 8.07. The van der Waals surface area contributed by atoms with Gasteiger partial charge in [0.15, 0.2) is 0 Å². The zero-order valence-electron chi connectivity index (χ0n) is 22.7. The van der Waals surface area contributed by atoms with Gasteiger partial charge in [-0.05, 0) is 51.1 Å². The predicted molar refractivity (Wildman–Crippen MR) is 158 cm³/mol. The highest BCUT2D eigenvalue weighted by Crippen LogP contribution is 2.48. The summed E-state index contributed by atoms with van der Waals surface area (Å²) in [6.07, 6.45) is 12.6. The summed E-state index contributed by atoms with van der Waals surface area (Å²) in [5.41, 5.74) is 11.1. The van der Waals surface area contributed by atoms with Gasteiger partial charge in [-0.2, -0.15) is 0 Å². The molecule has 3 N–H and O–H groups in total. The Balaban J connectivity index is 0.000000949. The molecule has 1 aliphatic carbocycles. The molecule has 0 radical (unpaired) electrons. The molecule has 0 saturated heterocycles. The van der Waals surface area contributed by atoms with Gasteiger partial charge < -0.3 is 15.8 Å². The van der Waals surface area contributed by atoms with Gasteiger partial charge in [-0.3, -0.25) is 0 Å². The van der Waals surface area contributed by atoms with Crippen LogP contribution in [-0.2, 0) is 0 Å². The van der Waals surface area contributed by atoms with Crippen molar-refractivity contribution in [1.82, 2.24) is 5.32 Å². The van der Waals surface area contributed by atoms with Crippen LogP contribution in [0.1, 0.15) is 54.0 Å². The number of hydrogen-bond donors (Lipinski definition) is 2. The van der Waals surface area contributed by atoms with Gasteiger partial charge in [0.05, 0.1) is 6.04 Å². The van der Waals surface area contributed by atoms with E-state index in [2.05, 4.69) is 80.6 Å². The van der Waals surface area contributed by atoms with Crippen LogP contribution in [0.25, 0.3) is 5.57 Å². The van der Waals surface area contributed by atoms with Crippen molar-refractivity contribution in [2.24, 2.45) is 5.73 Å². The van der Waals surface area contributed by atoms with Gasteiger partial charge in [0.2, 0.25) is 0 Å². The van der Waals surface area contributed by atoms with E-state index >= 15 is 0 Å². The molecule has 4 bridgehead atoms. The molecule has 35 heavy (non-hydrogen) atoms. The molecule has 0 amide bonds. The molecule has 4 heteroatoms. The lowest BCUT2D eigenvalue weighted by Crippen LogP contribution is -2.29. The smallest absolute Gasteiger partial charge is 0.135 e. The fourth-order valence-electron chi connectivity index (χ4n) is 3.88. The first-order valence-corrected chi connectivity index (χ1v) is 13.2. The quantitative estimate of drug-likeness (QED) is 0.436. The Morgan fingerprint density at radius 1 is 1.14 bits per heavy atom.